The Bertz CT molecular complexity index is 669. The molecule has 2 aromatic rings. The van der Waals surface area contributed by atoms with Crippen LogP contribution < -0.4 is 5.32 Å². The van der Waals surface area contributed by atoms with Crippen LogP contribution in [0.15, 0.2) is 28.8 Å². The number of halogens is 1. The van der Waals surface area contributed by atoms with E-state index in [0.29, 0.717) is 18.3 Å². The fraction of sp³-hybridized carbons (Fsp3) is 0.471. The van der Waals surface area contributed by atoms with Gasteiger partial charge in [-0.05, 0) is 31.7 Å². The maximum atomic E-state index is 12.9. The predicted molar refractivity (Wildman–Crippen MR) is 87.7 cm³/mol. The molecule has 1 amide bonds. The Morgan fingerprint density at radius 1 is 1.29 bits per heavy atom. The second kappa shape index (κ2) is 8.01. The van der Waals surface area contributed by atoms with Crippen molar-refractivity contribution in [2.75, 3.05) is 13.6 Å². The average molecular weight is 334 g/mol. The van der Waals surface area contributed by atoms with Gasteiger partial charge in [-0.25, -0.2) is 4.39 Å². The normalized spacial score (nSPS) is 12.6. The van der Waals surface area contributed by atoms with Gasteiger partial charge >= 0.3 is 0 Å². The summed E-state index contributed by atoms with van der Waals surface area (Å²) in [6, 6.07) is 5.88. The highest BCUT2D eigenvalue weighted by Crippen LogP contribution is 2.14. The van der Waals surface area contributed by atoms with Gasteiger partial charge in [0.05, 0.1) is 6.54 Å². The zero-order valence-electron chi connectivity index (χ0n) is 14.4. The number of benzene rings is 1. The molecule has 24 heavy (non-hydrogen) atoms. The second-order valence-electron chi connectivity index (χ2n) is 6.23. The highest BCUT2D eigenvalue weighted by molar-refractivity contribution is 5.78. The SMILES string of the molecule is CC(C)c1noc([C@H](C)NC(=O)CN(C)Cc2ccc(F)cc2)n1. The summed E-state index contributed by atoms with van der Waals surface area (Å²) in [4.78, 5) is 18.2. The maximum absolute atomic E-state index is 12.9. The summed E-state index contributed by atoms with van der Waals surface area (Å²) in [5.41, 5.74) is 0.943. The summed E-state index contributed by atoms with van der Waals surface area (Å²) < 4.78 is 18.1. The molecule has 1 aromatic heterocycles. The molecule has 0 bridgehead atoms. The number of amides is 1. The minimum Gasteiger partial charge on any atom is -0.343 e. The van der Waals surface area contributed by atoms with Gasteiger partial charge in [0.25, 0.3) is 0 Å². The zero-order valence-corrected chi connectivity index (χ0v) is 14.4. The summed E-state index contributed by atoms with van der Waals surface area (Å²) in [6.07, 6.45) is 0. The first-order chi connectivity index (χ1) is 11.3. The largest absolute Gasteiger partial charge is 0.343 e. The topological polar surface area (TPSA) is 71.3 Å². The molecule has 0 saturated carbocycles. The van der Waals surface area contributed by atoms with Crippen LogP contribution in [0.1, 0.15) is 50.0 Å². The van der Waals surface area contributed by atoms with E-state index in [-0.39, 0.29) is 30.2 Å². The Balaban J connectivity index is 1.83. The van der Waals surface area contributed by atoms with E-state index in [1.165, 1.54) is 12.1 Å². The van der Waals surface area contributed by atoms with Crippen LogP contribution in [0.25, 0.3) is 0 Å². The van der Waals surface area contributed by atoms with E-state index in [4.69, 9.17) is 4.52 Å². The Morgan fingerprint density at radius 2 is 1.96 bits per heavy atom. The number of hydrogen-bond acceptors (Lipinski definition) is 5. The van der Waals surface area contributed by atoms with Gasteiger partial charge in [-0.2, -0.15) is 4.98 Å². The molecular weight excluding hydrogens is 311 g/mol. The minimum absolute atomic E-state index is 0.142. The summed E-state index contributed by atoms with van der Waals surface area (Å²) in [5, 5.41) is 6.73. The molecular formula is C17H23FN4O2. The number of nitrogens with one attached hydrogen (secondary N) is 1. The molecule has 6 nitrogen and oxygen atoms in total. The van der Waals surface area contributed by atoms with Gasteiger partial charge in [0, 0.05) is 12.5 Å². The number of nitrogens with zero attached hydrogens (tertiary/aromatic N) is 3. The quantitative estimate of drug-likeness (QED) is 0.843. The molecule has 7 heteroatoms. The number of hydrogen-bond donors (Lipinski definition) is 1. The highest BCUT2D eigenvalue weighted by Gasteiger charge is 2.18. The second-order valence-corrected chi connectivity index (χ2v) is 6.23. The number of carbonyl (C=O) groups excluding carboxylic acids is 1. The molecule has 2 rings (SSSR count). The fourth-order valence-corrected chi connectivity index (χ4v) is 2.21. The van der Waals surface area contributed by atoms with Crippen molar-refractivity contribution in [3.63, 3.8) is 0 Å². The zero-order chi connectivity index (χ0) is 17.7. The van der Waals surface area contributed by atoms with Crippen LogP contribution in [0.5, 0.6) is 0 Å². The van der Waals surface area contributed by atoms with Crippen molar-refractivity contribution in [2.45, 2.75) is 39.3 Å². The smallest absolute Gasteiger partial charge is 0.248 e. The van der Waals surface area contributed by atoms with Gasteiger partial charge in [-0.15, -0.1) is 0 Å². The van der Waals surface area contributed by atoms with Crippen molar-refractivity contribution < 1.29 is 13.7 Å². The lowest BCUT2D eigenvalue weighted by Crippen LogP contribution is -2.36. The van der Waals surface area contributed by atoms with Crippen LogP contribution >= 0.6 is 0 Å². The third-order valence-corrected chi connectivity index (χ3v) is 3.50. The first-order valence-corrected chi connectivity index (χ1v) is 7.91. The summed E-state index contributed by atoms with van der Waals surface area (Å²) in [6.45, 7) is 6.52. The molecule has 1 N–H and O–H groups in total. The van der Waals surface area contributed by atoms with Gasteiger partial charge in [0.15, 0.2) is 5.82 Å². The van der Waals surface area contributed by atoms with Crippen LogP contribution in [-0.4, -0.2) is 34.5 Å². The van der Waals surface area contributed by atoms with Gasteiger partial charge < -0.3 is 9.84 Å². The Morgan fingerprint density at radius 3 is 2.54 bits per heavy atom. The monoisotopic (exact) mass is 334 g/mol. The highest BCUT2D eigenvalue weighted by atomic mass is 19.1. The van der Waals surface area contributed by atoms with Crippen molar-refractivity contribution in [2.24, 2.45) is 0 Å². The van der Waals surface area contributed by atoms with Crippen LogP contribution in [-0.2, 0) is 11.3 Å². The predicted octanol–water partition coefficient (Wildman–Crippen LogP) is 2.64. The molecule has 0 unspecified atom stereocenters. The molecule has 1 aromatic carbocycles. The number of rotatable bonds is 7. The molecule has 0 fully saturated rings. The van der Waals surface area contributed by atoms with Gasteiger partial charge in [-0.1, -0.05) is 31.1 Å². The van der Waals surface area contributed by atoms with Crippen molar-refractivity contribution in [1.29, 1.82) is 0 Å². The number of aromatic nitrogens is 2. The summed E-state index contributed by atoms with van der Waals surface area (Å²) in [5.74, 6) is 0.782. The first-order valence-electron chi connectivity index (χ1n) is 7.91. The Labute approximate surface area is 141 Å². The van der Waals surface area contributed by atoms with Crippen LogP contribution in [0.3, 0.4) is 0 Å². The molecule has 0 aliphatic carbocycles. The molecule has 1 atom stereocenters. The summed E-state index contributed by atoms with van der Waals surface area (Å²) >= 11 is 0. The van der Waals surface area contributed by atoms with Crippen LogP contribution in [0.4, 0.5) is 4.39 Å². The van der Waals surface area contributed by atoms with Crippen molar-refractivity contribution in [3.05, 3.63) is 47.4 Å². The minimum atomic E-state index is -0.350. The van der Waals surface area contributed by atoms with E-state index >= 15 is 0 Å². The lowest BCUT2D eigenvalue weighted by molar-refractivity contribution is -0.122. The van der Waals surface area contributed by atoms with Gasteiger partial charge in [0.1, 0.15) is 11.9 Å². The number of likely N-dealkylation sites (N-methyl/N-ethyl adjacent to an activating group) is 1. The Hall–Kier alpha value is -2.28. The van der Waals surface area contributed by atoms with Crippen LogP contribution in [0, 0.1) is 5.82 Å². The van der Waals surface area contributed by atoms with Crippen molar-refractivity contribution >= 4 is 5.91 Å². The third-order valence-electron chi connectivity index (χ3n) is 3.50. The van der Waals surface area contributed by atoms with Gasteiger partial charge in [0.2, 0.25) is 11.8 Å². The molecule has 130 valence electrons. The molecule has 0 saturated heterocycles. The third kappa shape index (κ3) is 5.13. The van der Waals surface area contributed by atoms with Crippen molar-refractivity contribution in [3.8, 4) is 0 Å². The standard InChI is InChI=1S/C17H23FN4O2/c1-11(2)16-20-17(24-21-16)12(3)19-15(23)10-22(4)9-13-5-7-14(18)8-6-13/h5-8,11-12H,9-10H2,1-4H3,(H,19,23)/t12-/m0/s1. The average Bonchev–Trinajstić information content (AvgIpc) is 2.99. The van der Waals surface area contributed by atoms with E-state index in [9.17, 15) is 9.18 Å². The molecule has 0 aliphatic rings. The summed E-state index contributed by atoms with van der Waals surface area (Å²) in [7, 11) is 1.83. The lowest BCUT2D eigenvalue weighted by Gasteiger charge is -2.17. The fourth-order valence-electron chi connectivity index (χ4n) is 2.21. The van der Waals surface area contributed by atoms with E-state index in [0.717, 1.165) is 5.56 Å². The van der Waals surface area contributed by atoms with Crippen LogP contribution in [0.2, 0.25) is 0 Å². The maximum Gasteiger partial charge on any atom is 0.248 e. The van der Waals surface area contributed by atoms with Gasteiger partial charge in [-0.3, -0.25) is 9.69 Å². The van der Waals surface area contributed by atoms with E-state index in [2.05, 4.69) is 15.5 Å². The van der Waals surface area contributed by atoms with E-state index < -0.39 is 0 Å². The molecule has 0 aliphatic heterocycles. The Kier molecular flexibility index (Phi) is 6.03. The number of carbonyl (C=O) groups is 1. The molecule has 0 spiro atoms. The lowest BCUT2D eigenvalue weighted by atomic mass is 10.2. The van der Waals surface area contributed by atoms with Crippen molar-refractivity contribution in [1.82, 2.24) is 20.4 Å². The molecule has 1 heterocycles. The first kappa shape index (κ1) is 18.1. The van der Waals surface area contributed by atoms with E-state index in [1.807, 2.05) is 25.8 Å². The van der Waals surface area contributed by atoms with E-state index in [1.54, 1.807) is 19.1 Å². The molecule has 0 radical (unpaired) electrons.